The summed E-state index contributed by atoms with van der Waals surface area (Å²) in [5.74, 6) is 0. The van der Waals surface area contributed by atoms with Gasteiger partial charge in [-0.15, -0.1) is 0 Å². The maximum Gasteiger partial charge on any atom is 0.0342 e. The summed E-state index contributed by atoms with van der Waals surface area (Å²) < 4.78 is 0. The molecule has 72 valence electrons. The van der Waals surface area contributed by atoms with Crippen molar-refractivity contribution in [3.63, 3.8) is 0 Å². The van der Waals surface area contributed by atoms with Gasteiger partial charge in [-0.2, -0.15) is 0 Å². The molecule has 0 bridgehead atoms. The number of hydrogen-bond acceptors (Lipinski definition) is 1. The number of nitrogens with one attached hydrogen (secondary N) is 1. The van der Waals surface area contributed by atoms with Crippen LogP contribution in [0.2, 0.25) is 0 Å². The highest BCUT2D eigenvalue weighted by Gasteiger charge is 2.08. The topological polar surface area (TPSA) is 12.0 Å². The fourth-order valence-corrected chi connectivity index (χ4v) is 1.12. The van der Waals surface area contributed by atoms with Crippen molar-refractivity contribution >= 4 is 5.69 Å². The lowest BCUT2D eigenvalue weighted by Gasteiger charge is -2.19. The molecule has 1 N–H and O–H groups in total. The van der Waals surface area contributed by atoms with Crippen molar-refractivity contribution in [3.05, 3.63) is 29.8 Å². The van der Waals surface area contributed by atoms with E-state index in [-0.39, 0.29) is 0 Å². The molecule has 0 atom stereocenters. The average Bonchev–Trinajstić information content (AvgIpc) is 2.00. The van der Waals surface area contributed by atoms with Crippen LogP contribution in [-0.4, -0.2) is 6.54 Å². The summed E-state index contributed by atoms with van der Waals surface area (Å²) in [6.45, 7) is 9.82. The second-order valence-electron chi connectivity index (χ2n) is 4.78. The minimum Gasteiger partial charge on any atom is -0.385 e. The Balaban J connectivity index is 2.55. The highest BCUT2D eigenvalue weighted by Crippen LogP contribution is 2.15. The molecule has 0 heterocycles. The highest BCUT2D eigenvalue weighted by atomic mass is 14.9. The lowest BCUT2D eigenvalue weighted by atomic mass is 9.97. The molecule has 0 spiro atoms. The van der Waals surface area contributed by atoms with E-state index in [1.165, 1.54) is 11.3 Å². The summed E-state index contributed by atoms with van der Waals surface area (Å²) in [7, 11) is 0. The van der Waals surface area contributed by atoms with E-state index < -0.39 is 0 Å². The number of benzene rings is 1. The first-order valence-corrected chi connectivity index (χ1v) is 4.78. The van der Waals surface area contributed by atoms with E-state index in [0.717, 1.165) is 6.54 Å². The molecule has 0 aliphatic carbocycles. The van der Waals surface area contributed by atoms with Gasteiger partial charge in [0, 0.05) is 12.2 Å². The second-order valence-corrected chi connectivity index (χ2v) is 4.78. The van der Waals surface area contributed by atoms with Gasteiger partial charge in [-0.3, -0.25) is 0 Å². The summed E-state index contributed by atoms with van der Waals surface area (Å²) in [4.78, 5) is 0. The van der Waals surface area contributed by atoms with Crippen molar-refractivity contribution < 1.29 is 0 Å². The molecule has 1 nitrogen and oxygen atoms in total. The largest absolute Gasteiger partial charge is 0.385 e. The maximum atomic E-state index is 3.43. The molecule has 0 saturated carbocycles. The monoisotopic (exact) mass is 177 g/mol. The summed E-state index contributed by atoms with van der Waals surface area (Å²) >= 11 is 0. The number of anilines is 1. The van der Waals surface area contributed by atoms with Gasteiger partial charge in [0.1, 0.15) is 0 Å². The zero-order chi connectivity index (χ0) is 9.90. The van der Waals surface area contributed by atoms with Crippen LogP contribution in [0.5, 0.6) is 0 Å². The predicted molar refractivity (Wildman–Crippen MR) is 59.1 cm³/mol. The highest BCUT2D eigenvalue weighted by molar-refractivity contribution is 5.45. The summed E-state index contributed by atoms with van der Waals surface area (Å²) in [6, 6.07) is 8.48. The molecule has 0 amide bonds. The smallest absolute Gasteiger partial charge is 0.0342 e. The van der Waals surface area contributed by atoms with E-state index >= 15 is 0 Å². The van der Waals surface area contributed by atoms with Crippen LogP contribution in [-0.2, 0) is 0 Å². The maximum absolute atomic E-state index is 3.43. The van der Waals surface area contributed by atoms with Crippen LogP contribution in [0.1, 0.15) is 26.3 Å². The first-order chi connectivity index (χ1) is 5.97. The Hall–Kier alpha value is -0.980. The molecule has 0 unspecified atom stereocenters. The van der Waals surface area contributed by atoms with Gasteiger partial charge >= 0.3 is 0 Å². The first-order valence-electron chi connectivity index (χ1n) is 4.78. The number of rotatable bonds is 2. The standard InChI is InChI=1S/C12H19N/c1-10-6-5-7-11(8-10)13-9-12(2,3)4/h5-8,13H,9H2,1-4H3. The first kappa shape index (κ1) is 10.1. The molecular formula is C12H19N. The third kappa shape index (κ3) is 3.97. The normalized spacial score (nSPS) is 11.4. The van der Waals surface area contributed by atoms with E-state index in [9.17, 15) is 0 Å². The van der Waals surface area contributed by atoms with Gasteiger partial charge in [0.15, 0.2) is 0 Å². The van der Waals surface area contributed by atoms with Crippen LogP contribution >= 0.6 is 0 Å². The van der Waals surface area contributed by atoms with Crippen LogP contribution in [0, 0.1) is 12.3 Å². The van der Waals surface area contributed by atoms with Gasteiger partial charge in [0.25, 0.3) is 0 Å². The van der Waals surface area contributed by atoms with Crippen LogP contribution in [0.25, 0.3) is 0 Å². The summed E-state index contributed by atoms with van der Waals surface area (Å²) in [5, 5.41) is 3.43. The molecule has 0 aliphatic rings. The van der Waals surface area contributed by atoms with Crippen molar-refractivity contribution in [1.82, 2.24) is 0 Å². The van der Waals surface area contributed by atoms with Gasteiger partial charge < -0.3 is 5.32 Å². The van der Waals surface area contributed by atoms with E-state index in [1.54, 1.807) is 0 Å². The Labute approximate surface area is 81.2 Å². The second kappa shape index (κ2) is 3.82. The third-order valence-electron chi connectivity index (χ3n) is 1.84. The average molecular weight is 177 g/mol. The fourth-order valence-electron chi connectivity index (χ4n) is 1.12. The van der Waals surface area contributed by atoms with E-state index in [2.05, 4.69) is 57.3 Å². The van der Waals surface area contributed by atoms with Gasteiger partial charge in [0.05, 0.1) is 0 Å². The number of aryl methyl sites for hydroxylation is 1. The third-order valence-corrected chi connectivity index (χ3v) is 1.84. The van der Waals surface area contributed by atoms with Crippen molar-refractivity contribution in [1.29, 1.82) is 0 Å². The molecule has 0 radical (unpaired) electrons. The molecule has 0 fully saturated rings. The lowest BCUT2D eigenvalue weighted by molar-refractivity contribution is 0.443. The zero-order valence-corrected chi connectivity index (χ0v) is 9.02. The molecule has 0 aliphatic heterocycles. The van der Waals surface area contributed by atoms with E-state index in [4.69, 9.17) is 0 Å². The van der Waals surface area contributed by atoms with Crippen LogP contribution in [0.15, 0.2) is 24.3 Å². The Bertz CT molecular complexity index is 271. The minimum absolute atomic E-state index is 0.337. The molecule has 0 aromatic heterocycles. The predicted octanol–water partition coefficient (Wildman–Crippen LogP) is 3.45. The van der Waals surface area contributed by atoms with Crippen LogP contribution in [0.3, 0.4) is 0 Å². The summed E-state index contributed by atoms with van der Waals surface area (Å²) in [6.07, 6.45) is 0. The number of hydrogen-bond donors (Lipinski definition) is 1. The van der Waals surface area contributed by atoms with Gasteiger partial charge in [-0.25, -0.2) is 0 Å². The lowest BCUT2D eigenvalue weighted by Crippen LogP contribution is -2.18. The molecule has 1 heteroatoms. The van der Waals surface area contributed by atoms with Gasteiger partial charge in [0.2, 0.25) is 0 Å². The Kier molecular flexibility index (Phi) is 2.97. The molecular weight excluding hydrogens is 158 g/mol. The van der Waals surface area contributed by atoms with Gasteiger partial charge in [-0.05, 0) is 30.0 Å². The Morgan fingerprint density at radius 3 is 2.46 bits per heavy atom. The molecule has 1 aromatic carbocycles. The quantitative estimate of drug-likeness (QED) is 0.729. The van der Waals surface area contributed by atoms with Crippen LogP contribution < -0.4 is 5.32 Å². The zero-order valence-electron chi connectivity index (χ0n) is 9.02. The van der Waals surface area contributed by atoms with E-state index in [1.807, 2.05) is 0 Å². The molecule has 1 rings (SSSR count). The van der Waals surface area contributed by atoms with Crippen LogP contribution in [0.4, 0.5) is 5.69 Å². The van der Waals surface area contributed by atoms with Crippen molar-refractivity contribution in [2.45, 2.75) is 27.7 Å². The van der Waals surface area contributed by atoms with E-state index in [0.29, 0.717) is 5.41 Å². The van der Waals surface area contributed by atoms with Crippen molar-refractivity contribution in [2.24, 2.45) is 5.41 Å². The van der Waals surface area contributed by atoms with Crippen molar-refractivity contribution in [2.75, 3.05) is 11.9 Å². The van der Waals surface area contributed by atoms with Gasteiger partial charge in [-0.1, -0.05) is 32.9 Å². The Morgan fingerprint density at radius 1 is 1.23 bits per heavy atom. The Morgan fingerprint density at radius 2 is 1.92 bits per heavy atom. The fraction of sp³-hybridized carbons (Fsp3) is 0.500. The molecule has 1 aromatic rings. The minimum atomic E-state index is 0.337. The SMILES string of the molecule is Cc1cccc(NCC(C)(C)C)c1. The summed E-state index contributed by atoms with van der Waals surface area (Å²) in [5.41, 5.74) is 2.86. The molecule has 13 heavy (non-hydrogen) atoms. The van der Waals surface area contributed by atoms with Crippen molar-refractivity contribution in [3.8, 4) is 0 Å². The molecule has 0 saturated heterocycles.